The van der Waals surface area contributed by atoms with E-state index >= 15 is 0 Å². The van der Waals surface area contributed by atoms with Crippen molar-refractivity contribution in [2.75, 3.05) is 5.01 Å². The van der Waals surface area contributed by atoms with Crippen molar-refractivity contribution in [2.24, 2.45) is 5.10 Å². The molecule has 0 aliphatic rings. The van der Waals surface area contributed by atoms with Gasteiger partial charge in [-0.3, -0.25) is 0 Å². The number of benzene rings is 7. The maximum Gasteiger partial charge on any atom is 0.346 e. The van der Waals surface area contributed by atoms with Gasteiger partial charge in [0, 0.05) is 17.3 Å². The van der Waals surface area contributed by atoms with Gasteiger partial charge in [0.15, 0.2) is 0 Å². The Kier molecular flexibility index (Phi) is 7.52. The SMILES string of the molecule is N#C/C(=C/c1ccc(N(C=C(c2ccccc2)c2ccccc2)/N=C/c2ccc3ccc4cccc5ccc2c3c45)cc1)C(=O)O. The highest BCUT2D eigenvalue weighted by Gasteiger charge is 2.13. The molecule has 0 amide bonds. The molecule has 5 heteroatoms. The molecule has 0 unspecified atom stereocenters. The summed E-state index contributed by atoms with van der Waals surface area (Å²) in [4.78, 5) is 11.4. The van der Waals surface area contributed by atoms with E-state index in [1.165, 1.54) is 33.0 Å². The molecule has 0 spiro atoms. The first-order chi connectivity index (χ1) is 22.6. The number of anilines is 1. The highest BCUT2D eigenvalue weighted by atomic mass is 16.4. The van der Waals surface area contributed by atoms with Gasteiger partial charge in [0.2, 0.25) is 0 Å². The molecule has 0 radical (unpaired) electrons. The summed E-state index contributed by atoms with van der Waals surface area (Å²) in [5.74, 6) is -1.26. The Balaban J connectivity index is 1.38. The van der Waals surface area contributed by atoms with Crippen LogP contribution in [0.5, 0.6) is 0 Å². The topological polar surface area (TPSA) is 76.7 Å². The van der Waals surface area contributed by atoms with Crippen LogP contribution in [0.25, 0.3) is 44.0 Å². The second-order valence-corrected chi connectivity index (χ2v) is 10.9. The van der Waals surface area contributed by atoms with E-state index in [0.29, 0.717) is 5.56 Å². The lowest BCUT2D eigenvalue weighted by Gasteiger charge is -2.19. The van der Waals surface area contributed by atoms with Crippen LogP contribution in [-0.4, -0.2) is 17.3 Å². The molecule has 0 aromatic heterocycles. The zero-order valence-electron chi connectivity index (χ0n) is 24.7. The van der Waals surface area contributed by atoms with Gasteiger partial charge in [0.05, 0.1) is 11.9 Å². The minimum Gasteiger partial charge on any atom is -0.477 e. The molecule has 218 valence electrons. The second kappa shape index (κ2) is 12.2. The zero-order chi connectivity index (χ0) is 31.5. The lowest BCUT2D eigenvalue weighted by Crippen LogP contribution is -2.10. The summed E-state index contributed by atoms with van der Waals surface area (Å²) in [7, 11) is 0. The van der Waals surface area contributed by atoms with Gasteiger partial charge >= 0.3 is 5.97 Å². The van der Waals surface area contributed by atoms with Crippen LogP contribution >= 0.6 is 0 Å². The first kappa shape index (κ1) is 28.3. The summed E-state index contributed by atoms with van der Waals surface area (Å²) in [6.45, 7) is 0. The number of carboxylic acids is 1. The number of hydrogen-bond acceptors (Lipinski definition) is 4. The van der Waals surface area contributed by atoms with Crippen molar-refractivity contribution in [3.63, 3.8) is 0 Å². The average molecular weight is 594 g/mol. The molecule has 0 aliphatic heterocycles. The number of hydrogen-bond donors (Lipinski definition) is 1. The summed E-state index contributed by atoms with van der Waals surface area (Å²) >= 11 is 0. The fourth-order valence-corrected chi connectivity index (χ4v) is 5.87. The van der Waals surface area contributed by atoms with Crippen LogP contribution in [0.2, 0.25) is 0 Å². The van der Waals surface area contributed by atoms with Crippen molar-refractivity contribution in [2.45, 2.75) is 0 Å². The predicted octanol–water partition coefficient (Wildman–Crippen LogP) is 9.51. The van der Waals surface area contributed by atoms with Crippen LogP contribution in [0.4, 0.5) is 5.69 Å². The molecule has 46 heavy (non-hydrogen) atoms. The summed E-state index contributed by atoms with van der Waals surface area (Å²) in [5.41, 5.74) is 5.10. The molecule has 0 bridgehead atoms. The Bertz CT molecular complexity index is 2280. The number of carbonyl (C=O) groups is 1. The highest BCUT2D eigenvalue weighted by Crippen LogP contribution is 2.36. The Morgan fingerprint density at radius 1 is 0.674 bits per heavy atom. The normalized spacial score (nSPS) is 11.7. The van der Waals surface area contributed by atoms with Crippen LogP contribution in [0.3, 0.4) is 0 Å². The molecule has 0 heterocycles. The van der Waals surface area contributed by atoms with Crippen molar-refractivity contribution >= 4 is 61.8 Å². The molecule has 5 nitrogen and oxygen atoms in total. The molecule has 0 atom stereocenters. The van der Waals surface area contributed by atoms with E-state index in [0.717, 1.165) is 33.3 Å². The Hall–Kier alpha value is -6.51. The van der Waals surface area contributed by atoms with Crippen molar-refractivity contribution in [3.8, 4) is 6.07 Å². The average Bonchev–Trinajstić information content (AvgIpc) is 3.11. The fraction of sp³-hybridized carbons (Fsp3) is 0. The summed E-state index contributed by atoms with van der Waals surface area (Å²) in [6, 6.07) is 48.7. The first-order valence-corrected chi connectivity index (χ1v) is 14.9. The van der Waals surface area contributed by atoms with E-state index in [-0.39, 0.29) is 5.57 Å². The minimum absolute atomic E-state index is 0.327. The Morgan fingerprint density at radius 3 is 1.87 bits per heavy atom. The number of nitrogens with zero attached hydrogens (tertiary/aromatic N) is 3. The Labute approximate surface area is 266 Å². The predicted molar refractivity (Wildman–Crippen MR) is 188 cm³/mol. The van der Waals surface area contributed by atoms with Gasteiger partial charge in [-0.15, -0.1) is 0 Å². The van der Waals surface area contributed by atoms with Crippen molar-refractivity contribution < 1.29 is 9.90 Å². The number of nitriles is 1. The van der Waals surface area contributed by atoms with Crippen LogP contribution in [0.15, 0.2) is 156 Å². The molecule has 0 saturated heterocycles. The molecule has 0 fully saturated rings. The van der Waals surface area contributed by atoms with Gasteiger partial charge in [0.25, 0.3) is 0 Å². The van der Waals surface area contributed by atoms with Gasteiger partial charge in [-0.05, 0) is 67.2 Å². The minimum atomic E-state index is -1.26. The van der Waals surface area contributed by atoms with E-state index in [1.807, 2.05) is 66.0 Å². The van der Waals surface area contributed by atoms with Crippen LogP contribution < -0.4 is 5.01 Å². The number of aliphatic carboxylic acids is 1. The quantitative estimate of drug-likeness (QED) is 0.0626. The third-order valence-electron chi connectivity index (χ3n) is 8.12. The molecule has 7 aromatic rings. The van der Waals surface area contributed by atoms with Gasteiger partial charge in [-0.1, -0.05) is 127 Å². The monoisotopic (exact) mass is 593 g/mol. The maximum atomic E-state index is 11.4. The van der Waals surface area contributed by atoms with Gasteiger partial charge in [-0.2, -0.15) is 10.4 Å². The second-order valence-electron chi connectivity index (χ2n) is 10.9. The molecule has 7 rings (SSSR count). The zero-order valence-corrected chi connectivity index (χ0v) is 24.7. The summed E-state index contributed by atoms with van der Waals surface area (Å²) in [5, 5.41) is 32.6. The third-order valence-corrected chi connectivity index (χ3v) is 8.12. The molecular weight excluding hydrogens is 566 g/mol. The smallest absolute Gasteiger partial charge is 0.346 e. The number of hydrazone groups is 1. The van der Waals surface area contributed by atoms with Gasteiger partial charge in [-0.25, -0.2) is 9.80 Å². The largest absolute Gasteiger partial charge is 0.477 e. The van der Waals surface area contributed by atoms with Crippen molar-refractivity contribution in [3.05, 3.63) is 174 Å². The summed E-state index contributed by atoms with van der Waals surface area (Å²) < 4.78 is 0. The lowest BCUT2D eigenvalue weighted by atomic mass is 9.92. The van der Waals surface area contributed by atoms with E-state index in [4.69, 9.17) is 5.10 Å². The molecule has 1 N–H and O–H groups in total. The highest BCUT2D eigenvalue weighted by molar-refractivity contribution is 6.25. The van der Waals surface area contributed by atoms with E-state index < -0.39 is 5.97 Å². The van der Waals surface area contributed by atoms with E-state index in [2.05, 4.69) is 78.9 Å². The maximum absolute atomic E-state index is 11.4. The van der Waals surface area contributed by atoms with E-state index in [1.54, 1.807) is 18.2 Å². The van der Waals surface area contributed by atoms with E-state index in [9.17, 15) is 15.2 Å². The fourth-order valence-electron chi connectivity index (χ4n) is 5.87. The van der Waals surface area contributed by atoms with Crippen molar-refractivity contribution in [1.29, 1.82) is 5.26 Å². The molecule has 7 aromatic carbocycles. The molecular formula is C41H27N3O2. The molecule has 0 saturated carbocycles. The lowest BCUT2D eigenvalue weighted by molar-refractivity contribution is -0.132. The van der Waals surface area contributed by atoms with Gasteiger partial charge < -0.3 is 5.11 Å². The number of rotatable bonds is 8. The third kappa shape index (κ3) is 5.47. The first-order valence-electron chi connectivity index (χ1n) is 14.9. The van der Waals surface area contributed by atoms with Gasteiger partial charge in [0.1, 0.15) is 11.6 Å². The standard InChI is InChI=1S/C41H27N3O2/c42-25-35(41(45)46)24-28-14-21-36(22-15-28)44(27-38(29-8-3-1-4-9-29)30-10-5-2-6-11-30)43-26-34-19-18-33-17-16-31-12-7-13-32-20-23-37(34)40(33)39(31)32/h1-24,26-27H,(H,45,46)/b35-24-,43-26+. The van der Waals surface area contributed by atoms with Crippen LogP contribution in [0, 0.1) is 11.3 Å². The van der Waals surface area contributed by atoms with Crippen molar-refractivity contribution in [1.82, 2.24) is 0 Å². The Morgan fingerprint density at radius 2 is 1.26 bits per heavy atom. The van der Waals surface area contributed by atoms with Crippen LogP contribution in [-0.2, 0) is 4.79 Å². The summed E-state index contributed by atoms with van der Waals surface area (Å²) in [6.07, 6.45) is 5.27. The molecule has 0 aliphatic carbocycles. The van der Waals surface area contributed by atoms with Crippen LogP contribution in [0.1, 0.15) is 22.3 Å². The number of carboxylic acid groups (broad SMARTS) is 1.